The van der Waals surface area contributed by atoms with Gasteiger partial charge in [-0.1, -0.05) is 60.3 Å². The Morgan fingerprint density at radius 2 is 2.00 bits per heavy atom. The molecule has 0 aliphatic heterocycles. The fourth-order valence-corrected chi connectivity index (χ4v) is 2.55. The minimum atomic E-state index is 0.490. The summed E-state index contributed by atoms with van der Waals surface area (Å²) in [5, 5.41) is 3.66. The van der Waals surface area contributed by atoms with Gasteiger partial charge in [-0.25, -0.2) is 0 Å². The largest absolute Gasteiger partial charge is 0.310 e. The molecule has 2 heteroatoms. The van der Waals surface area contributed by atoms with Crippen LogP contribution in [0.3, 0.4) is 0 Å². The highest BCUT2D eigenvalue weighted by molar-refractivity contribution is 9.10. The normalized spacial score (nSPS) is 12.7. The third kappa shape index (κ3) is 4.81. The summed E-state index contributed by atoms with van der Waals surface area (Å²) in [6.45, 7) is 7.72. The first-order chi connectivity index (χ1) is 8.19. The van der Waals surface area contributed by atoms with Crippen LogP contribution in [0.25, 0.3) is 0 Å². The number of hydrogen-bond acceptors (Lipinski definition) is 1. The Morgan fingerprint density at radius 3 is 2.65 bits per heavy atom. The van der Waals surface area contributed by atoms with Gasteiger partial charge in [0.15, 0.2) is 0 Å². The highest BCUT2D eigenvalue weighted by Gasteiger charge is 2.13. The van der Waals surface area contributed by atoms with Crippen LogP contribution in [-0.4, -0.2) is 6.54 Å². The third-order valence-corrected chi connectivity index (χ3v) is 3.74. The number of benzene rings is 1. The Hall–Kier alpha value is -0.340. The van der Waals surface area contributed by atoms with E-state index in [1.54, 1.807) is 0 Å². The molecular formula is C15H24BrN. The lowest BCUT2D eigenvalue weighted by atomic mass is 9.99. The van der Waals surface area contributed by atoms with Gasteiger partial charge in [-0.3, -0.25) is 0 Å². The average molecular weight is 298 g/mol. The van der Waals surface area contributed by atoms with Gasteiger partial charge in [0, 0.05) is 10.5 Å². The lowest BCUT2D eigenvalue weighted by Crippen LogP contribution is -2.22. The van der Waals surface area contributed by atoms with Crippen LogP contribution in [0, 0.1) is 6.92 Å². The van der Waals surface area contributed by atoms with Crippen LogP contribution < -0.4 is 5.32 Å². The second-order valence-corrected chi connectivity index (χ2v) is 5.53. The molecule has 0 aliphatic carbocycles. The first kappa shape index (κ1) is 14.7. The summed E-state index contributed by atoms with van der Waals surface area (Å²) in [6.07, 6.45) is 4.94. The van der Waals surface area contributed by atoms with Gasteiger partial charge >= 0.3 is 0 Å². The number of nitrogens with one attached hydrogen (secondary N) is 1. The standard InChI is InChI=1S/C15H24BrN/c1-4-6-7-15(17-10-5-2)13-11-12(3)8-9-14(13)16/h8-9,11,15,17H,4-7,10H2,1-3H3. The highest BCUT2D eigenvalue weighted by atomic mass is 79.9. The van der Waals surface area contributed by atoms with Gasteiger partial charge in [0.05, 0.1) is 0 Å². The summed E-state index contributed by atoms with van der Waals surface area (Å²) in [7, 11) is 0. The van der Waals surface area contributed by atoms with Crippen molar-refractivity contribution in [3.05, 3.63) is 33.8 Å². The zero-order valence-electron chi connectivity index (χ0n) is 11.2. The molecule has 1 nitrogen and oxygen atoms in total. The van der Waals surface area contributed by atoms with Gasteiger partial charge in [-0.05, 0) is 37.9 Å². The Bertz CT molecular complexity index is 328. The molecule has 0 aliphatic rings. The average Bonchev–Trinajstić information content (AvgIpc) is 2.33. The fourth-order valence-electron chi connectivity index (χ4n) is 2.02. The van der Waals surface area contributed by atoms with E-state index in [1.807, 2.05) is 0 Å². The fraction of sp³-hybridized carbons (Fsp3) is 0.600. The van der Waals surface area contributed by atoms with Crippen LogP contribution in [0.1, 0.15) is 56.7 Å². The summed E-state index contributed by atoms with van der Waals surface area (Å²) in [6, 6.07) is 7.11. The predicted octanol–water partition coefficient (Wildman–Crippen LogP) is 4.99. The van der Waals surface area contributed by atoms with Crippen molar-refractivity contribution in [3.63, 3.8) is 0 Å². The van der Waals surface area contributed by atoms with Gasteiger partial charge in [0.1, 0.15) is 0 Å². The van der Waals surface area contributed by atoms with Crippen molar-refractivity contribution in [2.24, 2.45) is 0 Å². The van der Waals surface area contributed by atoms with E-state index in [1.165, 1.54) is 41.3 Å². The summed E-state index contributed by atoms with van der Waals surface area (Å²) in [4.78, 5) is 0. The van der Waals surface area contributed by atoms with Crippen molar-refractivity contribution in [2.45, 2.75) is 52.5 Å². The predicted molar refractivity (Wildman–Crippen MR) is 79.4 cm³/mol. The molecule has 0 saturated carbocycles. The molecule has 1 rings (SSSR count). The highest BCUT2D eigenvalue weighted by Crippen LogP contribution is 2.28. The van der Waals surface area contributed by atoms with Crippen LogP contribution in [-0.2, 0) is 0 Å². The topological polar surface area (TPSA) is 12.0 Å². The Morgan fingerprint density at radius 1 is 1.24 bits per heavy atom. The Kier molecular flexibility index (Phi) is 6.83. The molecular weight excluding hydrogens is 274 g/mol. The molecule has 0 spiro atoms. The third-order valence-electron chi connectivity index (χ3n) is 3.01. The summed E-state index contributed by atoms with van der Waals surface area (Å²) >= 11 is 3.67. The molecule has 1 aromatic carbocycles. The second-order valence-electron chi connectivity index (χ2n) is 4.67. The lowest BCUT2D eigenvalue weighted by Gasteiger charge is -2.20. The van der Waals surface area contributed by atoms with Crippen LogP contribution in [0.4, 0.5) is 0 Å². The lowest BCUT2D eigenvalue weighted by molar-refractivity contribution is 0.480. The first-order valence-electron chi connectivity index (χ1n) is 6.68. The second kappa shape index (κ2) is 7.88. The molecule has 0 saturated heterocycles. The summed E-state index contributed by atoms with van der Waals surface area (Å²) in [5.74, 6) is 0. The summed E-state index contributed by atoms with van der Waals surface area (Å²) < 4.78 is 1.23. The van der Waals surface area contributed by atoms with Crippen molar-refractivity contribution < 1.29 is 0 Å². The number of hydrogen-bond donors (Lipinski definition) is 1. The smallest absolute Gasteiger partial charge is 0.0331 e. The van der Waals surface area contributed by atoms with Crippen LogP contribution in [0.15, 0.2) is 22.7 Å². The van der Waals surface area contributed by atoms with E-state index >= 15 is 0 Å². The van der Waals surface area contributed by atoms with Gasteiger partial charge in [0.25, 0.3) is 0 Å². The molecule has 0 aromatic heterocycles. The number of unbranched alkanes of at least 4 members (excludes halogenated alkanes) is 1. The Balaban J connectivity index is 2.82. The van der Waals surface area contributed by atoms with Gasteiger partial charge in [-0.2, -0.15) is 0 Å². The van der Waals surface area contributed by atoms with E-state index in [2.05, 4.69) is 60.2 Å². The molecule has 0 bridgehead atoms. The van der Waals surface area contributed by atoms with E-state index in [0.717, 1.165) is 6.54 Å². The monoisotopic (exact) mass is 297 g/mol. The van der Waals surface area contributed by atoms with Crippen molar-refractivity contribution in [3.8, 4) is 0 Å². The van der Waals surface area contributed by atoms with E-state index in [0.29, 0.717) is 6.04 Å². The van der Waals surface area contributed by atoms with Crippen molar-refractivity contribution in [2.75, 3.05) is 6.54 Å². The molecule has 1 N–H and O–H groups in total. The van der Waals surface area contributed by atoms with E-state index in [9.17, 15) is 0 Å². The van der Waals surface area contributed by atoms with Crippen molar-refractivity contribution >= 4 is 15.9 Å². The molecule has 0 radical (unpaired) electrons. The molecule has 1 unspecified atom stereocenters. The molecule has 1 aromatic rings. The van der Waals surface area contributed by atoms with Gasteiger partial charge in [0.2, 0.25) is 0 Å². The summed E-state index contributed by atoms with van der Waals surface area (Å²) in [5.41, 5.74) is 2.75. The molecule has 17 heavy (non-hydrogen) atoms. The SMILES string of the molecule is CCCCC(NCCC)c1cc(C)ccc1Br. The number of halogens is 1. The maximum absolute atomic E-state index is 3.67. The van der Waals surface area contributed by atoms with Crippen molar-refractivity contribution in [1.82, 2.24) is 5.32 Å². The molecule has 96 valence electrons. The number of rotatable bonds is 7. The van der Waals surface area contributed by atoms with Gasteiger partial charge in [-0.15, -0.1) is 0 Å². The molecule has 0 amide bonds. The van der Waals surface area contributed by atoms with Crippen LogP contribution in [0.5, 0.6) is 0 Å². The molecule has 0 fully saturated rings. The van der Waals surface area contributed by atoms with Gasteiger partial charge < -0.3 is 5.32 Å². The number of aryl methyl sites for hydroxylation is 1. The van der Waals surface area contributed by atoms with E-state index < -0.39 is 0 Å². The Labute approximate surface area is 114 Å². The first-order valence-corrected chi connectivity index (χ1v) is 7.47. The van der Waals surface area contributed by atoms with Crippen molar-refractivity contribution in [1.29, 1.82) is 0 Å². The van der Waals surface area contributed by atoms with Crippen LogP contribution in [0.2, 0.25) is 0 Å². The van der Waals surface area contributed by atoms with E-state index in [4.69, 9.17) is 0 Å². The minimum absolute atomic E-state index is 0.490. The maximum atomic E-state index is 3.67. The maximum Gasteiger partial charge on any atom is 0.0331 e. The molecule has 0 heterocycles. The quantitative estimate of drug-likeness (QED) is 0.748. The zero-order chi connectivity index (χ0) is 12.7. The zero-order valence-corrected chi connectivity index (χ0v) is 12.8. The minimum Gasteiger partial charge on any atom is -0.310 e. The molecule has 1 atom stereocenters. The van der Waals surface area contributed by atoms with E-state index in [-0.39, 0.29) is 0 Å². The van der Waals surface area contributed by atoms with Crippen LogP contribution >= 0.6 is 15.9 Å².